The lowest BCUT2D eigenvalue weighted by Crippen LogP contribution is -2.46. The van der Waals surface area contributed by atoms with Crippen LogP contribution >= 0.6 is 0 Å². The molecule has 1 saturated heterocycles. The summed E-state index contributed by atoms with van der Waals surface area (Å²) in [5, 5.41) is 3.28. The van der Waals surface area contributed by atoms with Gasteiger partial charge in [-0.2, -0.15) is 0 Å². The first-order chi connectivity index (χ1) is 14.6. The van der Waals surface area contributed by atoms with Gasteiger partial charge >= 0.3 is 0 Å². The predicted octanol–water partition coefficient (Wildman–Crippen LogP) is 4.60. The normalized spacial score (nSPS) is 19.5. The monoisotopic (exact) mass is 410 g/mol. The van der Waals surface area contributed by atoms with Gasteiger partial charge in [0.2, 0.25) is 5.91 Å². The minimum atomic E-state index is -0.539. The van der Waals surface area contributed by atoms with Crippen molar-refractivity contribution in [3.8, 4) is 5.75 Å². The van der Waals surface area contributed by atoms with Crippen molar-refractivity contribution in [1.29, 1.82) is 0 Å². The minimum Gasteiger partial charge on any atom is -0.497 e. The zero-order valence-corrected chi connectivity index (χ0v) is 17.7. The van der Waals surface area contributed by atoms with Crippen LogP contribution in [0.3, 0.4) is 0 Å². The molecule has 2 aromatic rings. The Morgan fingerprint density at radius 3 is 2.27 bits per heavy atom. The zero-order valence-electron chi connectivity index (χ0n) is 17.7. The van der Waals surface area contributed by atoms with Crippen LogP contribution in [0.25, 0.3) is 0 Å². The van der Waals surface area contributed by atoms with E-state index in [2.05, 4.69) is 22.3 Å². The number of amides is 1. The predicted molar refractivity (Wildman–Crippen MR) is 116 cm³/mol. The lowest BCUT2D eigenvalue weighted by atomic mass is 9.78. The second kappa shape index (κ2) is 9.17. The maximum atomic E-state index is 13.5. The molecule has 0 spiro atoms. The standard InChI is InChI=1S/C25H31FN2O2/c1-30-22-12-6-19(7-13-22)23(28-16-4-5-17-28)18-27-24(29)25(14-2-3-15-25)20-8-10-21(26)11-9-20/h6-13,23H,2-5,14-18H2,1H3,(H,27,29). The molecule has 1 atom stereocenters. The molecule has 1 saturated carbocycles. The van der Waals surface area contributed by atoms with Gasteiger partial charge in [-0.3, -0.25) is 9.69 Å². The Labute approximate surface area is 178 Å². The number of carbonyl (C=O) groups excluding carboxylic acids is 1. The van der Waals surface area contributed by atoms with E-state index in [1.54, 1.807) is 19.2 Å². The van der Waals surface area contributed by atoms with Crippen LogP contribution in [0, 0.1) is 5.82 Å². The molecule has 1 unspecified atom stereocenters. The zero-order chi connectivity index (χ0) is 21.0. The van der Waals surface area contributed by atoms with Crippen molar-refractivity contribution < 1.29 is 13.9 Å². The number of carbonyl (C=O) groups is 1. The molecule has 5 heteroatoms. The molecule has 1 aliphatic carbocycles. The molecule has 2 aromatic carbocycles. The van der Waals surface area contributed by atoms with E-state index < -0.39 is 5.41 Å². The fourth-order valence-corrected chi connectivity index (χ4v) is 5.09. The molecular weight excluding hydrogens is 379 g/mol. The highest BCUT2D eigenvalue weighted by molar-refractivity contribution is 5.88. The fraction of sp³-hybridized carbons (Fsp3) is 0.480. The molecule has 2 fully saturated rings. The number of halogens is 1. The molecule has 160 valence electrons. The molecule has 0 radical (unpaired) electrons. The molecule has 1 heterocycles. The number of benzene rings is 2. The van der Waals surface area contributed by atoms with Gasteiger partial charge < -0.3 is 10.1 Å². The van der Waals surface area contributed by atoms with Gasteiger partial charge in [-0.15, -0.1) is 0 Å². The van der Waals surface area contributed by atoms with E-state index in [1.165, 1.54) is 30.5 Å². The van der Waals surface area contributed by atoms with Crippen LogP contribution in [-0.2, 0) is 10.2 Å². The van der Waals surface area contributed by atoms with Crippen molar-refractivity contribution in [3.63, 3.8) is 0 Å². The number of rotatable bonds is 7. The molecule has 2 aliphatic rings. The summed E-state index contributed by atoms with van der Waals surface area (Å²) in [6.07, 6.45) is 6.08. The van der Waals surface area contributed by atoms with Gasteiger partial charge in [0.25, 0.3) is 0 Å². The van der Waals surface area contributed by atoms with Crippen LogP contribution in [0.5, 0.6) is 5.75 Å². The number of hydrogen-bond acceptors (Lipinski definition) is 3. The number of nitrogens with zero attached hydrogens (tertiary/aromatic N) is 1. The van der Waals surface area contributed by atoms with E-state index >= 15 is 0 Å². The second-order valence-corrected chi connectivity index (χ2v) is 8.54. The molecule has 0 aromatic heterocycles. The summed E-state index contributed by atoms with van der Waals surface area (Å²) >= 11 is 0. The van der Waals surface area contributed by atoms with Crippen LogP contribution in [0.1, 0.15) is 55.7 Å². The van der Waals surface area contributed by atoms with Crippen LogP contribution in [0.15, 0.2) is 48.5 Å². The number of methoxy groups -OCH3 is 1. The van der Waals surface area contributed by atoms with Crippen LogP contribution < -0.4 is 10.1 Å². The van der Waals surface area contributed by atoms with Gasteiger partial charge in [-0.05, 0) is 74.2 Å². The molecule has 1 aliphatic heterocycles. The molecular formula is C25H31FN2O2. The third kappa shape index (κ3) is 4.22. The topological polar surface area (TPSA) is 41.6 Å². The Morgan fingerprint density at radius 2 is 1.67 bits per heavy atom. The first-order valence-corrected chi connectivity index (χ1v) is 11.0. The summed E-state index contributed by atoms with van der Waals surface area (Å²) in [6.45, 7) is 2.68. The summed E-state index contributed by atoms with van der Waals surface area (Å²) in [4.78, 5) is 15.9. The second-order valence-electron chi connectivity index (χ2n) is 8.54. The van der Waals surface area contributed by atoms with Crippen molar-refractivity contribution in [2.45, 2.75) is 50.0 Å². The van der Waals surface area contributed by atoms with Crippen molar-refractivity contribution in [3.05, 3.63) is 65.5 Å². The molecule has 4 nitrogen and oxygen atoms in total. The summed E-state index contributed by atoms with van der Waals surface area (Å²) in [5.74, 6) is 0.648. The van der Waals surface area contributed by atoms with E-state index in [0.29, 0.717) is 6.54 Å². The first-order valence-electron chi connectivity index (χ1n) is 11.0. The van der Waals surface area contributed by atoms with Crippen molar-refractivity contribution in [2.75, 3.05) is 26.7 Å². The van der Waals surface area contributed by atoms with Crippen LogP contribution in [0.2, 0.25) is 0 Å². The van der Waals surface area contributed by atoms with Crippen molar-refractivity contribution in [1.82, 2.24) is 10.2 Å². The summed E-state index contributed by atoms with van der Waals surface area (Å²) in [7, 11) is 1.67. The van der Waals surface area contributed by atoms with E-state index in [0.717, 1.165) is 50.1 Å². The maximum absolute atomic E-state index is 13.5. The van der Waals surface area contributed by atoms with Gasteiger partial charge in [-0.25, -0.2) is 4.39 Å². The van der Waals surface area contributed by atoms with E-state index in [9.17, 15) is 9.18 Å². The fourth-order valence-electron chi connectivity index (χ4n) is 5.09. The van der Waals surface area contributed by atoms with E-state index in [4.69, 9.17) is 4.74 Å². The first kappa shape index (κ1) is 20.9. The lowest BCUT2D eigenvalue weighted by molar-refractivity contribution is -0.126. The third-order valence-electron chi connectivity index (χ3n) is 6.83. The largest absolute Gasteiger partial charge is 0.497 e. The molecule has 30 heavy (non-hydrogen) atoms. The quantitative estimate of drug-likeness (QED) is 0.725. The highest BCUT2D eigenvalue weighted by Gasteiger charge is 2.42. The third-order valence-corrected chi connectivity index (χ3v) is 6.83. The Morgan fingerprint density at radius 1 is 1.03 bits per heavy atom. The Balaban J connectivity index is 1.52. The van der Waals surface area contributed by atoms with Gasteiger partial charge in [0.15, 0.2) is 0 Å². The highest BCUT2D eigenvalue weighted by atomic mass is 19.1. The lowest BCUT2D eigenvalue weighted by Gasteiger charge is -2.32. The molecule has 4 rings (SSSR count). The SMILES string of the molecule is COc1ccc(C(CNC(=O)C2(c3ccc(F)cc3)CCCC2)N2CCCC2)cc1. The number of likely N-dealkylation sites (tertiary alicyclic amines) is 1. The van der Waals surface area contributed by atoms with Crippen LogP contribution in [0.4, 0.5) is 4.39 Å². The number of ether oxygens (including phenoxy) is 1. The summed E-state index contributed by atoms with van der Waals surface area (Å²) < 4.78 is 18.8. The van der Waals surface area contributed by atoms with Crippen LogP contribution in [-0.4, -0.2) is 37.6 Å². The smallest absolute Gasteiger partial charge is 0.230 e. The number of hydrogen-bond donors (Lipinski definition) is 1. The molecule has 1 amide bonds. The molecule has 1 N–H and O–H groups in total. The Hall–Kier alpha value is -2.40. The molecule has 0 bridgehead atoms. The number of nitrogens with one attached hydrogen (secondary N) is 1. The summed E-state index contributed by atoms with van der Waals surface area (Å²) in [6, 6.07) is 14.8. The van der Waals surface area contributed by atoms with E-state index in [1.807, 2.05) is 12.1 Å². The highest BCUT2D eigenvalue weighted by Crippen LogP contribution is 2.41. The minimum absolute atomic E-state index is 0.0734. The average molecular weight is 411 g/mol. The summed E-state index contributed by atoms with van der Waals surface area (Å²) in [5.41, 5.74) is 1.59. The van der Waals surface area contributed by atoms with Gasteiger partial charge in [0, 0.05) is 6.54 Å². The Bertz CT molecular complexity index is 838. The van der Waals surface area contributed by atoms with Gasteiger partial charge in [0.1, 0.15) is 11.6 Å². The van der Waals surface area contributed by atoms with Gasteiger partial charge in [0.05, 0.1) is 18.6 Å². The van der Waals surface area contributed by atoms with Gasteiger partial charge in [-0.1, -0.05) is 37.1 Å². The maximum Gasteiger partial charge on any atom is 0.230 e. The van der Waals surface area contributed by atoms with E-state index in [-0.39, 0.29) is 17.8 Å². The van der Waals surface area contributed by atoms with Crippen molar-refractivity contribution >= 4 is 5.91 Å². The average Bonchev–Trinajstić information content (AvgIpc) is 3.48. The van der Waals surface area contributed by atoms with Crippen molar-refractivity contribution in [2.24, 2.45) is 0 Å². The Kier molecular flexibility index (Phi) is 6.38.